The van der Waals surface area contributed by atoms with Gasteiger partial charge in [0.2, 0.25) is 0 Å². The highest BCUT2D eigenvalue weighted by molar-refractivity contribution is 14.0. The molecule has 0 fully saturated rings. The third kappa shape index (κ3) is 7.29. The lowest BCUT2D eigenvalue weighted by Gasteiger charge is -2.07. The maximum atomic E-state index is 10.7. The lowest BCUT2D eigenvalue weighted by molar-refractivity contribution is -0.119. The van der Waals surface area contributed by atoms with Crippen molar-refractivity contribution in [1.29, 1.82) is 0 Å². The van der Waals surface area contributed by atoms with Crippen LogP contribution in [-0.4, -0.2) is 25.6 Å². The Kier molecular flexibility index (Phi) is 8.54. The lowest BCUT2D eigenvalue weighted by Crippen LogP contribution is -2.22. The number of primary amides is 1. The minimum absolute atomic E-state index is 0. The number of carbonyl (C=O) groups is 1. The fraction of sp³-hybridized carbons (Fsp3) is 0.176. The topological polar surface area (TPSA) is 112 Å². The molecular weight excluding hydrogens is 435 g/mol. The average Bonchev–Trinajstić information content (AvgIpc) is 2.59. The van der Waals surface area contributed by atoms with Gasteiger partial charge in [0.05, 0.1) is 13.7 Å². The monoisotopic (exact) mass is 456 g/mol. The molecule has 25 heavy (non-hydrogen) atoms. The van der Waals surface area contributed by atoms with Crippen molar-refractivity contribution in [3.05, 3.63) is 54.1 Å². The number of guanidine groups is 1. The molecule has 0 saturated carbocycles. The van der Waals surface area contributed by atoms with Gasteiger partial charge in [-0.2, -0.15) is 0 Å². The number of benzene rings is 2. The number of hydrogen-bond acceptors (Lipinski definition) is 4. The molecule has 0 saturated heterocycles. The predicted molar refractivity (Wildman–Crippen MR) is 108 cm³/mol. The van der Waals surface area contributed by atoms with Crippen LogP contribution in [0, 0.1) is 0 Å². The molecule has 134 valence electrons. The number of amides is 1. The summed E-state index contributed by atoms with van der Waals surface area (Å²) in [6, 6.07) is 14.6. The molecule has 5 N–H and O–H groups in total. The first kappa shape index (κ1) is 20.6. The second kappa shape index (κ2) is 10.4. The third-order valence-corrected chi connectivity index (χ3v) is 3.07. The molecule has 2 aromatic rings. The number of carbonyl (C=O) groups excluding carboxylic acids is 1. The van der Waals surface area contributed by atoms with E-state index in [-0.39, 0.29) is 30.6 Å². The fourth-order valence-corrected chi connectivity index (χ4v) is 1.93. The zero-order valence-corrected chi connectivity index (χ0v) is 16.1. The van der Waals surface area contributed by atoms with Crippen LogP contribution in [0.3, 0.4) is 0 Å². The van der Waals surface area contributed by atoms with Gasteiger partial charge in [-0.05, 0) is 42.0 Å². The number of nitrogens with one attached hydrogen (secondary N) is 1. The molecule has 8 heteroatoms. The van der Waals surface area contributed by atoms with Crippen LogP contribution in [0.25, 0.3) is 0 Å². The standard InChI is InChI=1S/C17H20N4O3.HI/c1-23-14-7-5-13(6-8-14)21-17(19)20-10-12-3-2-4-15(9-12)24-11-16(18)22;/h2-9H,10-11H2,1H3,(H2,18,22)(H3,19,20,21);1H. The average molecular weight is 456 g/mol. The number of nitrogens with zero attached hydrogens (tertiary/aromatic N) is 1. The number of nitrogens with two attached hydrogens (primary N) is 2. The Morgan fingerprint density at radius 1 is 1.12 bits per heavy atom. The van der Waals surface area contributed by atoms with Gasteiger partial charge in [-0.15, -0.1) is 24.0 Å². The Balaban J connectivity index is 0.00000312. The molecule has 0 aliphatic carbocycles. The first-order chi connectivity index (χ1) is 11.6. The Bertz CT molecular complexity index is 720. The van der Waals surface area contributed by atoms with Gasteiger partial charge in [-0.3, -0.25) is 4.79 Å². The number of hydrogen-bond donors (Lipinski definition) is 3. The molecular formula is C17H21IN4O3. The summed E-state index contributed by atoms with van der Waals surface area (Å²) in [7, 11) is 1.61. The van der Waals surface area contributed by atoms with Crippen LogP contribution in [-0.2, 0) is 11.3 Å². The van der Waals surface area contributed by atoms with E-state index in [1.165, 1.54) is 0 Å². The van der Waals surface area contributed by atoms with E-state index in [1.807, 2.05) is 36.4 Å². The van der Waals surface area contributed by atoms with Crippen LogP contribution in [0.4, 0.5) is 5.69 Å². The fourth-order valence-electron chi connectivity index (χ4n) is 1.93. The summed E-state index contributed by atoms with van der Waals surface area (Å²) in [4.78, 5) is 15.0. The Morgan fingerprint density at radius 3 is 2.48 bits per heavy atom. The van der Waals surface area contributed by atoms with E-state index < -0.39 is 5.91 Å². The summed E-state index contributed by atoms with van der Waals surface area (Å²) >= 11 is 0. The summed E-state index contributed by atoms with van der Waals surface area (Å²) in [5, 5.41) is 3.00. The van der Waals surface area contributed by atoms with Crippen molar-refractivity contribution in [2.24, 2.45) is 16.5 Å². The molecule has 0 heterocycles. The number of methoxy groups -OCH3 is 1. The Labute approximate surface area is 163 Å². The van der Waals surface area contributed by atoms with Crippen LogP contribution < -0.4 is 26.3 Å². The predicted octanol–water partition coefficient (Wildman–Crippen LogP) is 2.10. The first-order valence-electron chi connectivity index (χ1n) is 7.28. The maximum absolute atomic E-state index is 10.7. The maximum Gasteiger partial charge on any atom is 0.255 e. The van der Waals surface area contributed by atoms with Gasteiger partial charge < -0.3 is 26.3 Å². The molecule has 0 aliphatic rings. The summed E-state index contributed by atoms with van der Waals surface area (Å²) in [6.07, 6.45) is 0. The van der Waals surface area contributed by atoms with Crippen LogP contribution in [0.1, 0.15) is 5.56 Å². The Morgan fingerprint density at radius 2 is 1.84 bits per heavy atom. The molecule has 0 bridgehead atoms. The lowest BCUT2D eigenvalue weighted by atomic mass is 10.2. The Hall–Kier alpha value is -2.49. The zero-order chi connectivity index (χ0) is 17.4. The van der Waals surface area contributed by atoms with E-state index in [4.69, 9.17) is 20.9 Å². The zero-order valence-electron chi connectivity index (χ0n) is 13.8. The van der Waals surface area contributed by atoms with E-state index in [9.17, 15) is 4.79 Å². The molecule has 0 radical (unpaired) electrons. The number of anilines is 1. The molecule has 2 rings (SSSR count). The molecule has 7 nitrogen and oxygen atoms in total. The molecule has 0 aromatic heterocycles. The summed E-state index contributed by atoms with van der Waals surface area (Å²) in [5.74, 6) is 1.10. The number of halogens is 1. The SMILES string of the molecule is COc1ccc(NC(N)=NCc2cccc(OCC(N)=O)c2)cc1.I. The van der Waals surface area contributed by atoms with Gasteiger partial charge in [0.15, 0.2) is 12.6 Å². The summed E-state index contributed by atoms with van der Waals surface area (Å²) < 4.78 is 10.3. The number of aliphatic imine (C=N–C) groups is 1. The van der Waals surface area contributed by atoms with Crippen molar-refractivity contribution < 1.29 is 14.3 Å². The smallest absolute Gasteiger partial charge is 0.255 e. The van der Waals surface area contributed by atoms with Crippen molar-refractivity contribution in [2.45, 2.75) is 6.54 Å². The number of rotatable bonds is 7. The molecule has 1 amide bonds. The minimum atomic E-state index is -0.522. The van der Waals surface area contributed by atoms with E-state index in [2.05, 4.69) is 10.3 Å². The second-order valence-electron chi connectivity index (χ2n) is 4.96. The molecule has 0 atom stereocenters. The van der Waals surface area contributed by atoms with Gasteiger partial charge in [0.1, 0.15) is 11.5 Å². The van der Waals surface area contributed by atoms with Crippen LogP contribution in [0.15, 0.2) is 53.5 Å². The van der Waals surface area contributed by atoms with Crippen LogP contribution in [0.5, 0.6) is 11.5 Å². The van der Waals surface area contributed by atoms with Gasteiger partial charge in [-0.25, -0.2) is 4.99 Å². The third-order valence-electron chi connectivity index (χ3n) is 3.07. The van der Waals surface area contributed by atoms with Crippen molar-refractivity contribution in [3.63, 3.8) is 0 Å². The largest absolute Gasteiger partial charge is 0.497 e. The van der Waals surface area contributed by atoms with E-state index in [1.54, 1.807) is 19.2 Å². The quantitative estimate of drug-likeness (QED) is 0.336. The number of ether oxygens (including phenoxy) is 2. The highest BCUT2D eigenvalue weighted by Gasteiger charge is 2.00. The van der Waals surface area contributed by atoms with Crippen molar-refractivity contribution in [2.75, 3.05) is 19.0 Å². The van der Waals surface area contributed by atoms with Crippen LogP contribution >= 0.6 is 24.0 Å². The van der Waals surface area contributed by atoms with Gasteiger partial charge >= 0.3 is 0 Å². The van der Waals surface area contributed by atoms with Gasteiger partial charge in [0, 0.05) is 5.69 Å². The van der Waals surface area contributed by atoms with E-state index in [0.29, 0.717) is 18.3 Å². The first-order valence-corrected chi connectivity index (χ1v) is 7.28. The van der Waals surface area contributed by atoms with Crippen molar-refractivity contribution in [3.8, 4) is 11.5 Å². The van der Waals surface area contributed by atoms with E-state index >= 15 is 0 Å². The van der Waals surface area contributed by atoms with Gasteiger partial charge in [0.25, 0.3) is 5.91 Å². The minimum Gasteiger partial charge on any atom is -0.497 e. The molecule has 2 aromatic carbocycles. The molecule has 0 unspecified atom stereocenters. The van der Waals surface area contributed by atoms with Gasteiger partial charge in [-0.1, -0.05) is 12.1 Å². The van der Waals surface area contributed by atoms with Crippen molar-refractivity contribution in [1.82, 2.24) is 0 Å². The molecule has 0 aliphatic heterocycles. The molecule has 0 spiro atoms. The summed E-state index contributed by atoms with van der Waals surface area (Å²) in [6.45, 7) is 0.219. The highest BCUT2D eigenvalue weighted by Crippen LogP contribution is 2.16. The second-order valence-corrected chi connectivity index (χ2v) is 4.96. The van der Waals surface area contributed by atoms with Crippen LogP contribution in [0.2, 0.25) is 0 Å². The van der Waals surface area contributed by atoms with E-state index in [0.717, 1.165) is 17.0 Å². The normalized spacial score (nSPS) is 10.5. The summed E-state index contributed by atoms with van der Waals surface area (Å²) in [5.41, 5.74) is 12.6. The van der Waals surface area contributed by atoms with Crippen molar-refractivity contribution >= 4 is 41.5 Å². The highest BCUT2D eigenvalue weighted by atomic mass is 127.